The molecule has 0 heterocycles. The predicted molar refractivity (Wildman–Crippen MR) is 85.1 cm³/mol. The Labute approximate surface area is 131 Å². The largest absolute Gasteiger partial charge is 0.327 e. The molecular weight excluding hydrogens is 306 g/mol. The van der Waals surface area contributed by atoms with Crippen molar-refractivity contribution in [2.24, 2.45) is 11.7 Å². The van der Waals surface area contributed by atoms with Crippen LogP contribution in [0.3, 0.4) is 0 Å². The van der Waals surface area contributed by atoms with E-state index < -0.39 is 20.6 Å². The number of benzene rings is 1. The van der Waals surface area contributed by atoms with Gasteiger partial charge in [0.15, 0.2) is 4.90 Å². The molecule has 0 aliphatic rings. The second-order valence-corrected chi connectivity index (χ2v) is 7.69. The summed E-state index contributed by atoms with van der Waals surface area (Å²) in [5.41, 5.74) is 5.88. The van der Waals surface area contributed by atoms with Crippen molar-refractivity contribution >= 4 is 15.7 Å². The Hall–Kier alpha value is -1.51. The van der Waals surface area contributed by atoms with Crippen molar-refractivity contribution in [1.82, 2.24) is 4.31 Å². The molecule has 0 amide bonds. The Kier molecular flexibility index (Phi) is 6.04. The summed E-state index contributed by atoms with van der Waals surface area (Å²) in [5, 5.41) is 11.1. The van der Waals surface area contributed by atoms with Gasteiger partial charge < -0.3 is 5.73 Å². The molecule has 0 radical (unpaired) electrons. The molecule has 124 valence electrons. The monoisotopic (exact) mass is 329 g/mol. The quantitative estimate of drug-likeness (QED) is 0.607. The van der Waals surface area contributed by atoms with E-state index in [-0.39, 0.29) is 23.4 Å². The lowest BCUT2D eigenvalue weighted by molar-refractivity contribution is -0.387. The van der Waals surface area contributed by atoms with Crippen LogP contribution >= 0.6 is 0 Å². The molecule has 1 rings (SSSR count). The number of nitrogens with zero attached hydrogens (tertiary/aromatic N) is 2. The summed E-state index contributed by atoms with van der Waals surface area (Å²) >= 11 is 0. The second kappa shape index (κ2) is 7.17. The van der Waals surface area contributed by atoms with Crippen molar-refractivity contribution in [3.8, 4) is 0 Å². The Morgan fingerprint density at radius 2 is 1.95 bits per heavy atom. The maximum atomic E-state index is 12.6. The third kappa shape index (κ3) is 4.02. The zero-order valence-corrected chi connectivity index (χ0v) is 14.1. The van der Waals surface area contributed by atoms with Gasteiger partial charge in [0.2, 0.25) is 10.0 Å². The molecule has 0 fully saturated rings. The molecule has 0 saturated carbocycles. The number of nitro benzene ring substituents is 1. The highest BCUT2D eigenvalue weighted by Gasteiger charge is 2.31. The van der Waals surface area contributed by atoms with Gasteiger partial charge in [0.25, 0.3) is 5.69 Å². The summed E-state index contributed by atoms with van der Waals surface area (Å²) in [7, 11) is -2.52. The number of sulfonamides is 1. The number of hydrogen-bond donors (Lipinski definition) is 1. The summed E-state index contributed by atoms with van der Waals surface area (Å²) in [6.45, 7) is 5.69. The van der Waals surface area contributed by atoms with Crippen LogP contribution in [0, 0.1) is 23.0 Å². The highest BCUT2D eigenvalue weighted by molar-refractivity contribution is 7.89. The number of aryl methyl sites for hydroxylation is 1. The molecule has 0 aromatic heterocycles. The van der Waals surface area contributed by atoms with Crippen LogP contribution in [0.25, 0.3) is 0 Å². The predicted octanol–water partition coefficient (Wildman–Crippen LogP) is 1.90. The second-order valence-electron chi connectivity index (χ2n) is 5.70. The average molecular weight is 329 g/mol. The van der Waals surface area contributed by atoms with Crippen LogP contribution in [0.2, 0.25) is 0 Å². The molecule has 0 aliphatic heterocycles. The Balaban J connectivity index is 3.12. The summed E-state index contributed by atoms with van der Waals surface area (Å²) in [4.78, 5) is 10.2. The van der Waals surface area contributed by atoms with Gasteiger partial charge in [-0.15, -0.1) is 0 Å². The van der Waals surface area contributed by atoms with Crippen molar-refractivity contribution in [2.45, 2.75) is 38.1 Å². The van der Waals surface area contributed by atoms with Gasteiger partial charge in [-0.25, -0.2) is 12.7 Å². The molecule has 0 saturated heterocycles. The molecule has 22 heavy (non-hydrogen) atoms. The Morgan fingerprint density at radius 1 is 1.36 bits per heavy atom. The Bertz CT molecular complexity index is 643. The minimum Gasteiger partial charge on any atom is -0.327 e. The molecule has 0 spiro atoms. The molecule has 7 nitrogen and oxygen atoms in total. The maximum Gasteiger partial charge on any atom is 0.289 e. The van der Waals surface area contributed by atoms with E-state index in [1.54, 1.807) is 13.0 Å². The van der Waals surface area contributed by atoms with Gasteiger partial charge in [0.1, 0.15) is 0 Å². The van der Waals surface area contributed by atoms with Gasteiger partial charge in [-0.05, 0) is 24.8 Å². The lowest BCUT2D eigenvalue weighted by Crippen LogP contribution is -2.35. The number of nitrogens with two attached hydrogens (primary N) is 1. The van der Waals surface area contributed by atoms with E-state index in [2.05, 4.69) is 0 Å². The van der Waals surface area contributed by atoms with E-state index >= 15 is 0 Å². The molecule has 0 bridgehead atoms. The van der Waals surface area contributed by atoms with Crippen LogP contribution in [0.15, 0.2) is 23.1 Å². The van der Waals surface area contributed by atoms with Gasteiger partial charge in [-0.2, -0.15) is 0 Å². The van der Waals surface area contributed by atoms with E-state index in [4.69, 9.17) is 5.73 Å². The van der Waals surface area contributed by atoms with E-state index in [0.717, 1.165) is 4.31 Å². The first kappa shape index (κ1) is 18.5. The lowest BCUT2D eigenvalue weighted by atomic mass is 10.0. The third-order valence-electron chi connectivity index (χ3n) is 3.69. The van der Waals surface area contributed by atoms with Crippen LogP contribution in [0.5, 0.6) is 0 Å². The smallest absolute Gasteiger partial charge is 0.289 e. The van der Waals surface area contributed by atoms with Gasteiger partial charge in [0, 0.05) is 25.7 Å². The lowest BCUT2D eigenvalue weighted by Gasteiger charge is -2.21. The van der Waals surface area contributed by atoms with E-state index in [1.807, 2.05) is 13.8 Å². The molecule has 1 aromatic carbocycles. The van der Waals surface area contributed by atoms with Crippen molar-refractivity contribution in [1.29, 1.82) is 0 Å². The summed E-state index contributed by atoms with van der Waals surface area (Å²) in [6, 6.07) is 4.10. The summed E-state index contributed by atoms with van der Waals surface area (Å²) in [5.74, 6) is 0.240. The van der Waals surface area contributed by atoms with E-state index in [0.29, 0.717) is 12.0 Å². The molecule has 0 aliphatic carbocycles. The number of hydrogen-bond acceptors (Lipinski definition) is 5. The van der Waals surface area contributed by atoms with E-state index in [9.17, 15) is 18.5 Å². The molecule has 1 atom stereocenters. The molecule has 2 N–H and O–H groups in total. The molecule has 1 aromatic rings. The summed E-state index contributed by atoms with van der Waals surface area (Å²) in [6.07, 6.45) is 0.493. The number of nitro groups is 1. The Morgan fingerprint density at radius 3 is 2.45 bits per heavy atom. The van der Waals surface area contributed by atoms with Crippen molar-refractivity contribution in [3.05, 3.63) is 33.9 Å². The fraction of sp³-hybridized carbons (Fsp3) is 0.571. The van der Waals surface area contributed by atoms with Crippen molar-refractivity contribution in [3.63, 3.8) is 0 Å². The topological polar surface area (TPSA) is 107 Å². The van der Waals surface area contributed by atoms with Crippen molar-refractivity contribution < 1.29 is 13.3 Å². The van der Waals surface area contributed by atoms with Crippen LogP contribution in [0.1, 0.15) is 25.8 Å². The summed E-state index contributed by atoms with van der Waals surface area (Å²) < 4.78 is 26.4. The highest BCUT2D eigenvalue weighted by atomic mass is 32.2. The highest BCUT2D eigenvalue weighted by Crippen LogP contribution is 2.29. The van der Waals surface area contributed by atoms with Gasteiger partial charge in [-0.3, -0.25) is 10.1 Å². The van der Waals surface area contributed by atoms with Gasteiger partial charge in [-0.1, -0.05) is 26.0 Å². The van der Waals surface area contributed by atoms with Crippen LogP contribution < -0.4 is 5.73 Å². The van der Waals surface area contributed by atoms with E-state index in [1.165, 1.54) is 19.2 Å². The molecular formula is C14H23N3O4S. The van der Waals surface area contributed by atoms with Crippen LogP contribution in [0.4, 0.5) is 5.69 Å². The first-order chi connectivity index (χ1) is 10.1. The maximum absolute atomic E-state index is 12.6. The van der Waals surface area contributed by atoms with Gasteiger partial charge >= 0.3 is 0 Å². The average Bonchev–Trinajstić information content (AvgIpc) is 2.43. The fourth-order valence-electron chi connectivity index (χ4n) is 2.06. The minimum absolute atomic E-state index is 0.121. The SMILES string of the molecule is Cc1cccc([N+](=O)[O-])c1S(=O)(=O)N(C)CCC(N)C(C)C. The minimum atomic E-state index is -3.93. The zero-order chi connectivity index (χ0) is 17.1. The van der Waals surface area contributed by atoms with Crippen molar-refractivity contribution in [2.75, 3.05) is 13.6 Å². The van der Waals surface area contributed by atoms with Crippen LogP contribution in [-0.2, 0) is 10.0 Å². The number of rotatable bonds is 7. The molecule has 1 unspecified atom stereocenters. The first-order valence-electron chi connectivity index (χ1n) is 7.05. The zero-order valence-electron chi connectivity index (χ0n) is 13.3. The van der Waals surface area contributed by atoms with Crippen LogP contribution in [-0.4, -0.2) is 37.3 Å². The van der Waals surface area contributed by atoms with Gasteiger partial charge in [0.05, 0.1) is 4.92 Å². The standard InChI is InChI=1S/C14H23N3O4S/c1-10(2)12(15)8-9-16(4)22(20,21)14-11(3)6-5-7-13(14)17(18)19/h5-7,10,12H,8-9,15H2,1-4H3. The first-order valence-corrected chi connectivity index (χ1v) is 8.49. The molecule has 8 heteroatoms. The third-order valence-corrected chi connectivity index (χ3v) is 5.74. The normalized spacial score (nSPS) is 13.6. The fourth-order valence-corrected chi connectivity index (χ4v) is 3.60.